The lowest BCUT2D eigenvalue weighted by Crippen LogP contribution is -2.39. The number of benzene rings is 1. The van der Waals surface area contributed by atoms with Crippen LogP contribution in [-0.4, -0.2) is 36.2 Å². The molecule has 0 unspecified atom stereocenters. The molecule has 0 aromatic heterocycles. The summed E-state index contributed by atoms with van der Waals surface area (Å²) in [5, 5.41) is 2.82. The minimum atomic E-state index is -0.439. The monoisotopic (exact) mass is 290 g/mol. The maximum Gasteiger partial charge on any atom is 0.407 e. The number of aryl methyl sites for hydroxylation is 1. The highest BCUT2D eigenvalue weighted by atomic mass is 16.6. The van der Waals surface area contributed by atoms with E-state index in [2.05, 4.69) is 35.3 Å². The molecule has 0 aliphatic carbocycles. The van der Waals surface area contributed by atoms with E-state index in [1.807, 2.05) is 20.8 Å². The SMILES string of the molecule is Cc1cccc2c1CN(CCNC(=O)OC(C)(C)C)CC2. The van der Waals surface area contributed by atoms with Crippen LogP contribution in [0, 0.1) is 6.92 Å². The molecule has 21 heavy (non-hydrogen) atoms. The van der Waals surface area contributed by atoms with Crippen LogP contribution in [0.4, 0.5) is 4.79 Å². The number of alkyl carbamates (subject to hydrolysis) is 1. The van der Waals surface area contributed by atoms with E-state index in [-0.39, 0.29) is 6.09 Å². The fourth-order valence-corrected chi connectivity index (χ4v) is 2.63. The molecule has 1 aromatic carbocycles. The van der Waals surface area contributed by atoms with Crippen LogP contribution in [0.5, 0.6) is 0 Å². The number of hydrogen-bond acceptors (Lipinski definition) is 3. The quantitative estimate of drug-likeness (QED) is 0.930. The normalized spacial score (nSPS) is 15.4. The number of amides is 1. The van der Waals surface area contributed by atoms with Crippen LogP contribution in [-0.2, 0) is 17.7 Å². The summed E-state index contributed by atoms with van der Waals surface area (Å²) in [6, 6.07) is 6.52. The van der Waals surface area contributed by atoms with Crippen molar-refractivity contribution in [2.45, 2.75) is 46.3 Å². The van der Waals surface area contributed by atoms with Crippen molar-refractivity contribution >= 4 is 6.09 Å². The summed E-state index contributed by atoms with van der Waals surface area (Å²) < 4.78 is 5.23. The molecule has 0 atom stereocenters. The summed E-state index contributed by atoms with van der Waals surface area (Å²) in [6.07, 6.45) is 0.750. The second kappa shape index (κ2) is 6.48. The Kier molecular flexibility index (Phi) is 4.88. The zero-order valence-corrected chi connectivity index (χ0v) is 13.5. The van der Waals surface area contributed by atoms with Gasteiger partial charge in [0.1, 0.15) is 5.60 Å². The summed E-state index contributed by atoms with van der Waals surface area (Å²) in [5.74, 6) is 0. The van der Waals surface area contributed by atoms with E-state index in [0.717, 1.165) is 26.1 Å². The lowest BCUT2D eigenvalue weighted by atomic mass is 9.96. The van der Waals surface area contributed by atoms with Gasteiger partial charge in [-0.15, -0.1) is 0 Å². The van der Waals surface area contributed by atoms with E-state index >= 15 is 0 Å². The number of carbonyl (C=O) groups is 1. The Bertz CT molecular complexity index is 506. The largest absolute Gasteiger partial charge is 0.444 e. The van der Waals surface area contributed by atoms with E-state index in [9.17, 15) is 4.79 Å². The van der Waals surface area contributed by atoms with Crippen LogP contribution in [0.15, 0.2) is 18.2 Å². The first-order valence-electron chi connectivity index (χ1n) is 7.62. The van der Waals surface area contributed by atoms with Gasteiger partial charge in [0.2, 0.25) is 0 Å². The van der Waals surface area contributed by atoms with Gasteiger partial charge in [0.25, 0.3) is 0 Å². The van der Waals surface area contributed by atoms with Gasteiger partial charge in [0.05, 0.1) is 0 Å². The van der Waals surface area contributed by atoms with Crippen LogP contribution < -0.4 is 5.32 Å². The number of nitrogens with zero attached hydrogens (tertiary/aromatic N) is 1. The molecular weight excluding hydrogens is 264 g/mol. The lowest BCUT2D eigenvalue weighted by molar-refractivity contribution is 0.0521. The summed E-state index contributed by atoms with van der Waals surface area (Å²) in [5.41, 5.74) is 3.83. The number of fused-ring (bicyclic) bond motifs is 1. The van der Waals surface area contributed by atoms with Crippen molar-refractivity contribution in [3.63, 3.8) is 0 Å². The predicted octanol–water partition coefficient (Wildman–Crippen LogP) is 2.88. The summed E-state index contributed by atoms with van der Waals surface area (Å²) >= 11 is 0. The van der Waals surface area contributed by atoms with Crippen molar-refractivity contribution in [1.82, 2.24) is 10.2 Å². The van der Waals surface area contributed by atoms with E-state index in [1.54, 1.807) is 0 Å². The van der Waals surface area contributed by atoms with Crippen LogP contribution >= 0.6 is 0 Å². The van der Waals surface area contributed by atoms with E-state index in [4.69, 9.17) is 4.74 Å². The first-order chi connectivity index (χ1) is 9.85. The number of hydrogen-bond donors (Lipinski definition) is 1. The van der Waals surface area contributed by atoms with Crippen LogP contribution in [0.1, 0.15) is 37.5 Å². The van der Waals surface area contributed by atoms with Crippen molar-refractivity contribution in [3.8, 4) is 0 Å². The molecule has 1 aliphatic rings. The molecule has 0 saturated carbocycles. The van der Waals surface area contributed by atoms with E-state index in [1.165, 1.54) is 16.7 Å². The van der Waals surface area contributed by atoms with Gasteiger partial charge in [0.15, 0.2) is 0 Å². The Morgan fingerprint density at radius 2 is 2.14 bits per heavy atom. The standard InChI is InChI=1S/C17H26N2O2/c1-13-6-5-7-14-8-10-19(12-15(13)14)11-9-18-16(20)21-17(2,3)4/h5-7H,8-12H2,1-4H3,(H,18,20). The molecule has 2 rings (SSSR count). The average Bonchev–Trinajstić information content (AvgIpc) is 2.37. The Balaban J connectivity index is 1.79. The minimum Gasteiger partial charge on any atom is -0.444 e. The van der Waals surface area contributed by atoms with Crippen LogP contribution in [0.25, 0.3) is 0 Å². The number of nitrogens with one attached hydrogen (secondary N) is 1. The number of ether oxygens (including phenoxy) is 1. The van der Waals surface area contributed by atoms with Gasteiger partial charge in [-0.3, -0.25) is 4.90 Å². The highest BCUT2D eigenvalue weighted by Crippen LogP contribution is 2.21. The maximum atomic E-state index is 11.6. The molecule has 4 nitrogen and oxygen atoms in total. The van der Waals surface area contributed by atoms with Gasteiger partial charge in [-0.1, -0.05) is 18.2 Å². The molecular formula is C17H26N2O2. The molecule has 1 aliphatic heterocycles. The predicted molar refractivity (Wildman–Crippen MR) is 84.4 cm³/mol. The molecule has 4 heteroatoms. The Labute approximate surface area is 127 Å². The molecule has 1 amide bonds. The van der Waals surface area contributed by atoms with Gasteiger partial charge in [-0.2, -0.15) is 0 Å². The molecule has 1 heterocycles. The van der Waals surface area contributed by atoms with Gasteiger partial charge in [0, 0.05) is 26.2 Å². The number of carbonyl (C=O) groups excluding carboxylic acids is 1. The first-order valence-corrected chi connectivity index (χ1v) is 7.62. The Morgan fingerprint density at radius 1 is 1.38 bits per heavy atom. The van der Waals surface area contributed by atoms with Gasteiger partial charge in [-0.05, 0) is 50.8 Å². The van der Waals surface area contributed by atoms with Crippen LogP contribution in [0.3, 0.4) is 0 Å². The minimum absolute atomic E-state index is 0.337. The summed E-state index contributed by atoms with van der Waals surface area (Å²) in [6.45, 7) is 11.3. The van der Waals surface area contributed by atoms with Crippen molar-refractivity contribution in [2.75, 3.05) is 19.6 Å². The fraction of sp³-hybridized carbons (Fsp3) is 0.588. The first kappa shape index (κ1) is 15.8. The fourth-order valence-electron chi connectivity index (χ4n) is 2.63. The molecule has 0 spiro atoms. The molecule has 1 N–H and O–H groups in total. The van der Waals surface area contributed by atoms with Gasteiger partial charge >= 0.3 is 6.09 Å². The zero-order valence-electron chi connectivity index (χ0n) is 13.5. The highest BCUT2D eigenvalue weighted by Gasteiger charge is 2.18. The molecule has 0 radical (unpaired) electrons. The molecule has 0 fully saturated rings. The third-order valence-electron chi connectivity index (χ3n) is 3.68. The van der Waals surface area contributed by atoms with E-state index < -0.39 is 5.60 Å². The Morgan fingerprint density at radius 3 is 2.86 bits per heavy atom. The van der Waals surface area contributed by atoms with Crippen LogP contribution in [0.2, 0.25) is 0 Å². The number of rotatable bonds is 3. The second-order valence-corrected chi connectivity index (χ2v) is 6.67. The molecule has 116 valence electrons. The van der Waals surface area contributed by atoms with Gasteiger partial charge < -0.3 is 10.1 Å². The topological polar surface area (TPSA) is 41.6 Å². The molecule has 0 bridgehead atoms. The van der Waals surface area contributed by atoms with Crippen molar-refractivity contribution in [1.29, 1.82) is 0 Å². The van der Waals surface area contributed by atoms with E-state index in [0.29, 0.717) is 6.54 Å². The summed E-state index contributed by atoms with van der Waals surface area (Å²) in [7, 11) is 0. The lowest BCUT2D eigenvalue weighted by Gasteiger charge is -2.30. The van der Waals surface area contributed by atoms with Crippen molar-refractivity contribution < 1.29 is 9.53 Å². The van der Waals surface area contributed by atoms with Crippen molar-refractivity contribution in [3.05, 3.63) is 34.9 Å². The molecule has 1 aromatic rings. The van der Waals surface area contributed by atoms with Crippen molar-refractivity contribution in [2.24, 2.45) is 0 Å². The third kappa shape index (κ3) is 4.74. The Hall–Kier alpha value is -1.55. The second-order valence-electron chi connectivity index (χ2n) is 6.67. The summed E-state index contributed by atoms with van der Waals surface area (Å²) in [4.78, 5) is 14.0. The maximum absolute atomic E-state index is 11.6. The van der Waals surface area contributed by atoms with Gasteiger partial charge in [-0.25, -0.2) is 4.79 Å². The smallest absolute Gasteiger partial charge is 0.407 e. The zero-order chi connectivity index (χ0) is 15.5. The average molecular weight is 290 g/mol. The molecule has 0 saturated heterocycles. The third-order valence-corrected chi connectivity index (χ3v) is 3.68. The highest BCUT2D eigenvalue weighted by molar-refractivity contribution is 5.67.